The quantitative estimate of drug-likeness (QED) is 0.434. The minimum atomic E-state index is 0.249. The predicted octanol–water partition coefficient (Wildman–Crippen LogP) is 6.23. The lowest BCUT2D eigenvalue weighted by Crippen LogP contribution is -2.42. The third-order valence-corrected chi connectivity index (χ3v) is 9.37. The smallest absolute Gasteiger partial charge is 0.0639 e. The Bertz CT molecular complexity index is 564. The Hall–Kier alpha value is -0.300. The second-order valence-corrected chi connectivity index (χ2v) is 10.9. The highest BCUT2D eigenvalue weighted by Gasteiger charge is 2.62. The summed E-state index contributed by atoms with van der Waals surface area (Å²) >= 11 is 0. The van der Waals surface area contributed by atoms with E-state index in [4.69, 9.17) is 4.74 Å². The molecular formula is C24H38O. The number of hydrogen-bond donors (Lipinski definition) is 0. The van der Waals surface area contributed by atoms with Gasteiger partial charge in [-0.05, 0) is 99.7 Å². The van der Waals surface area contributed by atoms with Crippen LogP contribution in [-0.4, -0.2) is 12.2 Å². The molecule has 10 unspecified atom stereocenters. The summed E-state index contributed by atoms with van der Waals surface area (Å²) in [7, 11) is 0. The molecule has 1 nitrogen and oxygen atoms in total. The minimum Gasteiger partial charge on any atom is -0.374 e. The van der Waals surface area contributed by atoms with Gasteiger partial charge >= 0.3 is 0 Å². The molecule has 5 aliphatic carbocycles. The lowest BCUT2D eigenvalue weighted by molar-refractivity contribution is -0.100. The molecule has 0 aromatic carbocycles. The number of allylic oxidation sites excluding steroid dienone is 1. The molecule has 0 aliphatic heterocycles. The van der Waals surface area contributed by atoms with E-state index in [2.05, 4.69) is 33.8 Å². The van der Waals surface area contributed by atoms with E-state index >= 15 is 0 Å². The van der Waals surface area contributed by atoms with Crippen LogP contribution < -0.4 is 0 Å². The third-order valence-electron chi connectivity index (χ3n) is 9.37. The summed E-state index contributed by atoms with van der Waals surface area (Å²) in [6.45, 7) is 9.61. The predicted molar refractivity (Wildman–Crippen MR) is 103 cm³/mol. The molecule has 0 aromatic heterocycles. The average Bonchev–Trinajstić information content (AvgIpc) is 3.32. The van der Waals surface area contributed by atoms with Gasteiger partial charge in [-0.1, -0.05) is 32.4 Å². The van der Waals surface area contributed by atoms with Crippen molar-refractivity contribution in [2.24, 2.45) is 46.8 Å². The van der Waals surface area contributed by atoms with Crippen LogP contribution in [0.1, 0.15) is 79.1 Å². The van der Waals surface area contributed by atoms with Crippen molar-refractivity contribution in [1.29, 1.82) is 0 Å². The molecule has 0 spiro atoms. The number of rotatable bonds is 4. The Kier molecular flexibility index (Phi) is 3.94. The number of ether oxygens (including phenoxy) is 1. The fraction of sp³-hybridized carbons (Fsp3) is 0.917. The van der Waals surface area contributed by atoms with Crippen molar-refractivity contribution in [2.45, 2.75) is 91.3 Å². The van der Waals surface area contributed by atoms with Crippen molar-refractivity contribution in [3.05, 3.63) is 11.6 Å². The summed E-state index contributed by atoms with van der Waals surface area (Å²) < 4.78 is 6.90. The summed E-state index contributed by atoms with van der Waals surface area (Å²) in [5.41, 5.74) is 1.91. The molecule has 0 heterocycles. The first-order valence-corrected chi connectivity index (χ1v) is 11.3. The molecular weight excluding hydrogens is 304 g/mol. The Balaban J connectivity index is 1.30. The van der Waals surface area contributed by atoms with Crippen molar-refractivity contribution in [1.82, 2.24) is 0 Å². The topological polar surface area (TPSA) is 9.23 Å². The summed E-state index contributed by atoms with van der Waals surface area (Å²) in [6, 6.07) is 0. The molecule has 140 valence electrons. The zero-order chi connectivity index (χ0) is 17.3. The second-order valence-electron chi connectivity index (χ2n) is 10.9. The van der Waals surface area contributed by atoms with E-state index in [1.54, 1.807) is 18.4 Å². The zero-order valence-corrected chi connectivity index (χ0v) is 16.8. The number of hydrogen-bond acceptors (Lipinski definition) is 1. The summed E-state index contributed by atoms with van der Waals surface area (Å²) in [5.74, 6) is 7.07. The molecule has 0 radical (unpaired) electrons. The first-order valence-electron chi connectivity index (χ1n) is 11.3. The monoisotopic (exact) mass is 342 g/mol. The second kappa shape index (κ2) is 5.85. The third kappa shape index (κ3) is 2.51. The van der Waals surface area contributed by atoms with Crippen LogP contribution in [0.15, 0.2) is 11.6 Å². The van der Waals surface area contributed by atoms with E-state index in [1.165, 1.54) is 38.5 Å². The molecule has 0 aromatic rings. The van der Waals surface area contributed by atoms with Gasteiger partial charge in [-0.15, -0.1) is 0 Å². The Morgan fingerprint density at radius 2 is 1.88 bits per heavy atom. The Morgan fingerprint density at radius 3 is 2.64 bits per heavy atom. The van der Waals surface area contributed by atoms with Crippen LogP contribution in [0.2, 0.25) is 0 Å². The highest BCUT2D eigenvalue weighted by atomic mass is 16.5. The van der Waals surface area contributed by atoms with E-state index in [-0.39, 0.29) is 5.41 Å². The molecule has 5 rings (SSSR count). The first-order chi connectivity index (χ1) is 12.0. The van der Waals surface area contributed by atoms with Crippen molar-refractivity contribution in [2.75, 3.05) is 0 Å². The van der Waals surface area contributed by atoms with Crippen molar-refractivity contribution in [3.63, 3.8) is 0 Å². The molecule has 4 bridgehead atoms. The Labute approximate surface area is 155 Å². The molecule has 0 amide bonds. The molecule has 1 heteroatoms. The normalized spacial score (nSPS) is 54.6. The van der Waals surface area contributed by atoms with E-state index in [1.807, 2.05) is 0 Å². The highest BCUT2D eigenvalue weighted by Crippen LogP contribution is 2.68. The van der Waals surface area contributed by atoms with Gasteiger partial charge < -0.3 is 4.74 Å². The van der Waals surface area contributed by atoms with Crippen LogP contribution in [0, 0.1) is 46.8 Å². The van der Waals surface area contributed by atoms with Crippen LogP contribution in [0.3, 0.4) is 0 Å². The van der Waals surface area contributed by atoms with E-state index in [0.29, 0.717) is 12.2 Å². The van der Waals surface area contributed by atoms with Crippen LogP contribution in [0.4, 0.5) is 0 Å². The van der Waals surface area contributed by atoms with Crippen molar-refractivity contribution >= 4 is 0 Å². The first kappa shape index (κ1) is 16.8. The molecule has 0 N–H and O–H groups in total. The van der Waals surface area contributed by atoms with Gasteiger partial charge in [-0.3, -0.25) is 0 Å². The molecule has 4 saturated carbocycles. The SMILES string of the molecule is CCC1=CC(C)(C(C)OC2CC3CC2C2C4CCC(C4)C32)CC(C)C1. The molecule has 10 atom stereocenters. The van der Waals surface area contributed by atoms with E-state index < -0.39 is 0 Å². The molecule has 25 heavy (non-hydrogen) atoms. The van der Waals surface area contributed by atoms with Crippen LogP contribution in [-0.2, 0) is 4.74 Å². The standard InChI is InChI=1S/C24H38O/c1-5-16-8-14(2)12-24(4,13-16)15(3)25-21-11-19-10-20(21)23-18-7-6-17(9-18)22(19)23/h13-15,17-23H,5-12H2,1-4H3. The van der Waals surface area contributed by atoms with Gasteiger partial charge in [-0.2, -0.15) is 0 Å². The minimum absolute atomic E-state index is 0.249. The number of fused-ring (bicyclic) bond motifs is 9. The maximum atomic E-state index is 6.90. The van der Waals surface area contributed by atoms with Gasteiger partial charge in [0.1, 0.15) is 0 Å². The lowest BCUT2D eigenvalue weighted by atomic mass is 9.69. The zero-order valence-electron chi connectivity index (χ0n) is 16.8. The van der Waals surface area contributed by atoms with E-state index in [0.717, 1.165) is 41.4 Å². The summed E-state index contributed by atoms with van der Waals surface area (Å²) in [4.78, 5) is 0. The van der Waals surface area contributed by atoms with Crippen LogP contribution in [0.5, 0.6) is 0 Å². The van der Waals surface area contributed by atoms with Gasteiger partial charge in [0.25, 0.3) is 0 Å². The average molecular weight is 343 g/mol. The maximum absolute atomic E-state index is 6.90. The molecule has 4 fully saturated rings. The van der Waals surface area contributed by atoms with Gasteiger partial charge in [0.15, 0.2) is 0 Å². The Morgan fingerprint density at radius 1 is 1.12 bits per heavy atom. The largest absolute Gasteiger partial charge is 0.374 e. The fourth-order valence-corrected chi connectivity index (χ4v) is 8.46. The van der Waals surface area contributed by atoms with E-state index in [9.17, 15) is 0 Å². The fourth-order valence-electron chi connectivity index (χ4n) is 8.46. The van der Waals surface area contributed by atoms with Gasteiger partial charge in [0, 0.05) is 5.41 Å². The highest BCUT2D eigenvalue weighted by molar-refractivity contribution is 5.16. The maximum Gasteiger partial charge on any atom is 0.0639 e. The lowest BCUT2D eigenvalue weighted by Gasteiger charge is -2.44. The van der Waals surface area contributed by atoms with Crippen LogP contribution >= 0.6 is 0 Å². The summed E-state index contributed by atoms with van der Waals surface area (Å²) in [5, 5.41) is 0. The van der Waals surface area contributed by atoms with Crippen molar-refractivity contribution < 1.29 is 4.74 Å². The van der Waals surface area contributed by atoms with Gasteiger partial charge in [0.2, 0.25) is 0 Å². The summed E-state index contributed by atoms with van der Waals surface area (Å²) in [6.07, 6.45) is 14.9. The molecule has 5 aliphatic rings. The molecule has 0 saturated heterocycles. The van der Waals surface area contributed by atoms with Crippen molar-refractivity contribution in [3.8, 4) is 0 Å². The van der Waals surface area contributed by atoms with Gasteiger partial charge in [-0.25, -0.2) is 0 Å². The van der Waals surface area contributed by atoms with Crippen LogP contribution in [0.25, 0.3) is 0 Å². The van der Waals surface area contributed by atoms with Gasteiger partial charge in [0.05, 0.1) is 12.2 Å².